The van der Waals surface area contributed by atoms with Crippen molar-refractivity contribution < 1.29 is 9.84 Å². The lowest BCUT2D eigenvalue weighted by Crippen LogP contribution is -2.26. The monoisotopic (exact) mass is 186 g/mol. The topological polar surface area (TPSA) is 29.5 Å². The summed E-state index contributed by atoms with van der Waals surface area (Å²) in [5.41, 5.74) is 0.0272. The minimum absolute atomic E-state index is 0.0272. The Morgan fingerprint density at radius 1 is 1.46 bits per heavy atom. The van der Waals surface area contributed by atoms with Crippen LogP contribution in [-0.2, 0) is 4.74 Å². The highest BCUT2D eigenvalue weighted by Crippen LogP contribution is 2.26. The SMILES string of the molecule is CC(C)(C)C(O)CCC1CCOC1. The van der Waals surface area contributed by atoms with E-state index in [0.29, 0.717) is 5.92 Å². The van der Waals surface area contributed by atoms with E-state index in [1.165, 1.54) is 6.42 Å². The first-order chi connectivity index (χ1) is 6.00. The smallest absolute Gasteiger partial charge is 0.0588 e. The molecule has 0 aliphatic carbocycles. The van der Waals surface area contributed by atoms with Crippen LogP contribution in [0.4, 0.5) is 0 Å². The Morgan fingerprint density at radius 2 is 2.15 bits per heavy atom. The maximum absolute atomic E-state index is 9.81. The lowest BCUT2D eigenvalue weighted by atomic mass is 9.85. The Hall–Kier alpha value is -0.0800. The lowest BCUT2D eigenvalue weighted by molar-refractivity contribution is 0.0492. The van der Waals surface area contributed by atoms with E-state index in [4.69, 9.17) is 4.74 Å². The highest BCUT2D eigenvalue weighted by Gasteiger charge is 2.24. The molecule has 0 saturated carbocycles. The molecule has 0 radical (unpaired) electrons. The van der Waals surface area contributed by atoms with Gasteiger partial charge in [-0.2, -0.15) is 0 Å². The van der Waals surface area contributed by atoms with Gasteiger partial charge in [-0.3, -0.25) is 0 Å². The van der Waals surface area contributed by atoms with Gasteiger partial charge in [0.15, 0.2) is 0 Å². The highest BCUT2D eigenvalue weighted by molar-refractivity contribution is 4.75. The molecule has 1 N–H and O–H groups in total. The Morgan fingerprint density at radius 3 is 2.62 bits per heavy atom. The molecule has 0 amide bonds. The second-order valence-electron chi connectivity index (χ2n) is 5.19. The third-order valence-corrected chi connectivity index (χ3v) is 2.87. The summed E-state index contributed by atoms with van der Waals surface area (Å²) < 4.78 is 5.29. The summed E-state index contributed by atoms with van der Waals surface area (Å²) in [6.07, 6.45) is 3.03. The summed E-state index contributed by atoms with van der Waals surface area (Å²) in [6, 6.07) is 0. The van der Waals surface area contributed by atoms with E-state index in [9.17, 15) is 5.11 Å². The largest absolute Gasteiger partial charge is 0.393 e. The number of rotatable bonds is 3. The van der Waals surface area contributed by atoms with Crippen molar-refractivity contribution in [2.45, 2.75) is 46.1 Å². The Kier molecular flexibility index (Phi) is 3.74. The van der Waals surface area contributed by atoms with E-state index >= 15 is 0 Å². The van der Waals surface area contributed by atoms with Gasteiger partial charge in [-0.15, -0.1) is 0 Å². The van der Waals surface area contributed by atoms with Gasteiger partial charge in [0.25, 0.3) is 0 Å². The fourth-order valence-corrected chi connectivity index (χ4v) is 1.64. The summed E-state index contributed by atoms with van der Waals surface area (Å²) in [7, 11) is 0. The van der Waals surface area contributed by atoms with Crippen LogP contribution in [0.25, 0.3) is 0 Å². The Balaban J connectivity index is 2.17. The van der Waals surface area contributed by atoms with Crippen LogP contribution in [-0.4, -0.2) is 24.4 Å². The van der Waals surface area contributed by atoms with Crippen molar-refractivity contribution in [1.29, 1.82) is 0 Å². The lowest BCUT2D eigenvalue weighted by Gasteiger charge is -2.26. The van der Waals surface area contributed by atoms with Crippen LogP contribution in [0.5, 0.6) is 0 Å². The van der Waals surface area contributed by atoms with Gasteiger partial charge in [-0.05, 0) is 30.6 Å². The van der Waals surface area contributed by atoms with Gasteiger partial charge >= 0.3 is 0 Å². The molecule has 2 heteroatoms. The summed E-state index contributed by atoms with van der Waals surface area (Å²) in [4.78, 5) is 0. The number of hydrogen-bond acceptors (Lipinski definition) is 2. The number of aliphatic hydroxyl groups excluding tert-OH is 1. The van der Waals surface area contributed by atoms with Crippen molar-refractivity contribution in [2.24, 2.45) is 11.3 Å². The molecular formula is C11H22O2. The predicted octanol–water partition coefficient (Wildman–Crippen LogP) is 2.21. The second kappa shape index (κ2) is 4.43. The molecule has 1 aliphatic rings. The quantitative estimate of drug-likeness (QED) is 0.732. The minimum atomic E-state index is -0.173. The summed E-state index contributed by atoms with van der Waals surface area (Å²) in [5.74, 6) is 0.692. The average molecular weight is 186 g/mol. The van der Waals surface area contributed by atoms with Gasteiger partial charge in [-0.25, -0.2) is 0 Å². The van der Waals surface area contributed by atoms with E-state index in [2.05, 4.69) is 20.8 Å². The Bertz CT molecular complexity index is 143. The molecule has 1 aliphatic heterocycles. The molecule has 1 saturated heterocycles. The molecule has 0 aromatic rings. The molecule has 78 valence electrons. The van der Waals surface area contributed by atoms with Crippen LogP contribution in [0.2, 0.25) is 0 Å². The van der Waals surface area contributed by atoms with E-state index < -0.39 is 0 Å². The van der Waals surface area contributed by atoms with Crippen LogP contribution in [0.3, 0.4) is 0 Å². The van der Waals surface area contributed by atoms with E-state index in [-0.39, 0.29) is 11.5 Å². The molecule has 2 nitrogen and oxygen atoms in total. The third-order valence-electron chi connectivity index (χ3n) is 2.87. The molecule has 1 rings (SSSR count). The van der Waals surface area contributed by atoms with Crippen LogP contribution in [0.1, 0.15) is 40.0 Å². The van der Waals surface area contributed by atoms with Crippen molar-refractivity contribution in [3.63, 3.8) is 0 Å². The average Bonchev–Trinajstić information content (AvgIpc) is 2.50. The number of hydrogen-bond donors (Lipinski definition) is 1. The molecule has 2 unspecified atom stereocenters. The highest BCUT2D eigenvalue weighted by atomic mass is 16.5. The molecule has 0 spiro atoms. The maximum Gasteiger partial charge on any atom is 0.0588 e. The normalized spacial score (nSPS) is 26.3. The van der Waals surface area contributed by atoms with Crippen LogP contribution in [0.15, 0.2) is 0 Å². The standard InChI is InChI=1S/C11H22O2/c1-11(2,3)10(12)5-4-9-6-7-13-8-9/h9-10,12H,4-8H2,1-3H3. The van der Waals surface area contributed by atoms with E-state index in [1.54, 1.807) is 0 Å². The van der Waals surface area contributed by atoms with Crippen molar-refractivity contribution >= 4 is 0 Å². The molecule has 0 aromatic carbocycles. The maximum atomic E-state index is 9.81. The van der Waals surface area contributed by atoms with Crippen molar-refractivity contribution in [3.05, 3.63) is 0 Å². The first-order valence-corrected chi connectivity index (χ1v) is 5.26. The van der Waals surface area contributed by atoms with E-state index in [0.717, 1.165) is 26.1 Å². The molecule has 1 heterocycles. The third kappa shape index (κ3) is 3.65. The molecular weight excluding hydrogens is 164 g/mol. The van der Waals surface area contributed by atoms with Crippen molar-refractivity contribution in [1.82, 2.24) is 0 Å². The fraction of sp³-hybridized carbons (Fsp3) is 1.00. The van der Waals surface area contributed by atoms with Crippen molar-refractivity contribution in [2.75, 3.05) is 13.2 Å². The number of aliphatic hydroxyl groups is 1. The zero-order valence-corrected chi connectivity index (χ0v) is 9.05. The number of ether oxygens (including phenoxy) is 1. The molecule has 13 heavy (non-hydrogen) atoms. The van der Waals surface area contributed by atoms with Gasteiger partial charge in [0.2, 0.25) is 0 Å². The molecule has 0 bridgehead atoms. The van der Waals surface area contributed by atoms with Crippen molar-refractivity contribution in [3.8, 4) is 0 Å². The van der Waals surface area contributed by atoms with Gasteiger partial charge in [0, 0.05) is 13.2 Å². The van der Waals surface area contributed by atoms with Crippen LogP contribution in [0, 0.1) is 11.3 Å². The fourth-order valence-electron chi connectivity index (χ4n) is 1.64. The van der Waals surface area contributed by atoms with Gasteiger partial charge in [0.1, 0.15) is 0 Å². The zero-order valence-electron chi connectivity index (χ0n) is 9.05. The van der Waals surface area contributed by atoms with Crippen LogP contribution >= 0.6 is 0 Å². The summed E-state index contributed by atoms with van der Waals surface area (Å²) >= 11 is 0. The molecule has 2 atom stereocenters. The Labute approximate surface area is 81.3 Å². The first kappa shape index (κ1) is 11.0. The zero-order chi connectivity index (χ0) is 9.90. The van der Waals surface area contributed by atoms with E-state index in [1.807, 2.05) is 0 Å². The predicted molar refractivity (Wildman–Crippen MR) is 53.6 cm³/mol. The van der Waals surface area contributed by atoms with Crippen LogP contribution < -0.4 is 0 Å². The van der Waals surface area contributed by atoms with Gasteiger partial charge < -0.3 is 9.84 Å². The van der Waals surface area contributed by atoms with Gasteiger partial charge in [-0.1, -0.05) is 20.8 Å². The van der Waals surface area contributed by atoms with Gasteiger partial charge in [0.05, 0.1) is 6.10 Å². The second-order valence-corrected chi connectivity index (χ2v) is 5.19. The molecule has 0 aromatic heterocycles. The molecule has 1 fully saturated rings. The summed E-state index contributed by atoms with van der Waals surface area (Å²) in [6.45, 7) is 8.07. The summed E-state index contributed by atoms with van der Waals surface area (Å²) in [5, 5.41) is 9.81. The minimum Gasteiger partial charge on any atom is -0.393 e. The first-order valence-electron chi connectivity index (χ1n) is 5.26.